The number of carboxylic acids is 2. The minimum Gasteiger partial charge on any atom is -0.549 e. The number of thioether (sulfide) groups is 1. The van der Waals surface area contributed by atoms with Crippen molar-refractivity contribution in [3.8, 4) is 0 Å². The fourth-order valence-corrected chi connectivity index (χ4v) is 3.09. The van der Waals surface area contributed by atoms with Gasteiger partial charge in [0.15, 0.2) is 0 Å². The highest BCUT2D eigenvalue weighted by atomic mass is 32.2. The third kappa shape index (κ3) is 8.56. The highest BCUT2D eigenvalue weighted by Gasteiger charge is 2.95. The average molecular weight is 684 g/mol. The molecule has 0 saturated carbocycles. The van der Waals surface area contributed by atoms with Crippen LogP contribution in [0.4, 0.5) is 74.6 Å². The predicted octanol–water partition coefficient (Wildman–Crippen LogP) is 3.68. The van der Waals surface area contributed by atoms with Crippen LogP contribution in [0.3, 0.4) is 0 Å². The van der Waals surface area contributed by atoms with Crippen molar-refractivity contribution in [3.63, 3.8) is 0 Å². The molecule has 0 radical (unpaired) electrons. The van der Waals surface area contributed by atoms with E-state index in [9.17, 15) is 89.3 Å². The van der Waals surface area contributed by atoms with E-state index in [1.807, 2.05) is 0 Å². The van der Waals surface area contributed by atoms with Crippen LogP contribution in [0.25, 0.3) is 0 Å². The van der Waals surface area contributed by atoms with Gasteiger partial charge in [0.1, 0.15) is 6.04 Å². The first-order chi connectivity index (χ1) is 18.3. The molecule has 6 N–H and O–H groups in total. The van der Waals surface area contributed by atoms with Crippen LogP contribution in [0.2, 0.25) is 0 Å². The molecule has 0 aromatic heterocycles. The molecule has 6 nitrogen and oxygen atoms in total. The lowest BCUT2D eigenvalue weighted by atomic mass is 9.88. The van der Waals surface area contributed by atoms with Crippen LogP contribution in [0.15, 0.2) is 0 Å². The van der Waals surface area contributed by atoms with Crippen LogP contribution in [0.1, 0.15) is 25.7 Å². The number of hydrogen-bond acceptors (Lipinski definition) is 5. The molecular weight excluding hydrogens is 663 g/mol. The van der Waals surface area contributed by atoms with Crippen LogP contribution in [0.5, 0.6) is 0 Å². The molecule has 0 aromatic rings. The first-order valence-electron chi connectivity index (χ1n) is 10.6. The Kier molecular flexibility index (Phi) is 14.3. The first-order valence-corrected chi connectivity index (χ1v) is 11.8. The van der Waals surface area contributed by atoms with E-state index in [4.69, 9.17) is 10.8 Å². The van der Waals surface area contributed by atoms with Gasteiger partial charge in [-0.3, -0.25) is 4.79 Å². The van der Waals surface area contributed by atoms with Crippen molar-refractivity contribution in [2.45, 2.75) is 79.4 Å². The lowest BCUT2D eigenvalue weighted by Gasteiger charge is -2.42. The Bertz CT molecular complexity index is 900. The monoisotopic (exact) mass is 684 g/mol. The third-order valence-electron chi connectivity index (χ3n) is 4.90. The normalized spacial score (nSPS) is 15.1. The molecule has 0 aliphatic heterocycles. The number of carboxylic acid groups (broad SMARTS) is 2. The summed E-state index contributed by atoms with van der Waals surface area (Å²) in [5.41, 5.74) is 8.88. The van der Waals surface area contributed by atoms with Gasteiger partial charge in [-0.2, -0.15) is 86.4 Å². The SMILES string of the molecule is N[C@@H](CCCC[NH3+])C(=O)O.O=C([O-])CSCCC(F)(F)C(F)(F)C(F)(F)C(F)(F)C(F)(F)C(F)(F)C(F)(F)C(F)(F)F. The fourth-order valence-electron chi connectivity index (χ4n) is 2.37. The molecule has 42 heavy (non-hydrogen) atoms. The number of aliphatic carboxylic acids is 2. The van der Waals surface area contributed by atoms with Crippen LogP contribution in [-0.2, 0) is 9.59 Å². The van der Waals surface area contributed by atoms with E-state index in [0.29, 0.717) is 6.42 Å². The molecule has 0 unspecified atom stereocenters. The van der Waals surface area contributed by atoms with Crippen molar-refractivity contribution in [2.24, 2.45) is 5.73 Å². The van der Waals surface area contributed by atoms with Crippen LogP contribution in [0, 0.1) is 0 Å². The van der Waals surface area contributed by atoms with Crippen molar-refractivity contribution < 1.29 is 100 Å². The molecule has 1 atom stereocenters. The summed E-state index contributed by atoms with van der Waals surface area (Å²) in [6.07, 6.45) is -8.10. The summed E-state index contributed by atoms with van der Waals surface area (Å²) in [5, 5.41) is 18.3. The second-order valence-electron chi connectivity index (χ2n) is 8.12. The number of rotatable bonds is 16. The van der Waals surface area contributed by atoms with E-state index in [1.165, 1.54) is 0 Å². The third-order valence-corrected chi connectivity index (χ3v) is 5.83. The van der Waals surface area contributed by atoms with E-state index < -0.39 is 83.5 Å². The molecule has 0 amide bonds. The average Bonchev–Trinajstić information content (AvgIpc) is 2.80. The maximum Gasteiger partial charge on any atom is 0.460 e. The lowest BCUT2D eigenvalue weighted by Crippen LogP contribution is -2.74. The highest BCUT2D eigenvalue weighted by Crippen LogP contribution is 2.64. The second kappa shape index (κ2) is 14.2. The van der Waals surface area contributed by atoms with Gasteiger partial charge in [0.05, 0.1) is 12.5 Å². The summed E-state index contributed by atoms with van der Waals surface area (Å²) in [7, 11) is 0. The Morgan fingerprint density at radius 2 is 1.10 bits per heavy atom. The van der Waals surface area contributed by atoms with Crippen LogP contribution in [-0.4, -0.2) is 88.8 Å². The molecule has 0 heterocycles. The van der Waals surface area contributed by atoms with Crippen LogP contribution < -0.4 is 16.6 Å². The van der Waals surface area contributed by atoms with Crippen LogP contribution >= 0.6 is 11.8 Å². The Morgan fingerprint density at radius 1 is 0.714 bits per heavy atom. The molecule has 0 rings (SSSR count). The summed E-state index contributed by atoms with van der Waals surface area (Å²) < 4.78 is 220. The Hall–Kier alpha value is -1.98. The largest absolute Gasteiger partial charge is 0.549 e. The molecule has 0 aromatic carbocycles. The zero-order valence-corrected chi connectivity index (χ0v) is 21.1. The lowest BCUT2D eigenvalue weighted by molar-refractivity contribution is -0.461. The Balaban J connectivity index is 0. The molecule has 0 spiro atoms. The van der Waals surface area contributed by atoms with Crippen molar-refractivity contribution in [1.82, 2.24) is 0 Å². The highest BCUT2D eigenvalue weighted by molar-refractivity contribution is 7.99. The van der Waals surface area contributed by atoms with Gasteiger partial charge in [-0.15, -0.1) is 0 Å². The first kappa shape index (κ1) is 42.2. The summed E-state index contributed by atoms with van der Waals surface area (Å²) >= 11 is -0.262. The number of halogens is 17. The van der Waals surface area contributed by atoms with Crippen molar-refractivity contribution in [2.75, 3.05) is 18.1 Å². The van der Waals surface area contributed by atoms with E-state index in [0.717, 1.165) is 19.4 Å². The van der Waals surface area contributed by atoms with Crippen molar-refractivity contribution >= 4 is 23.7 Å². The standard InChI is InChI=1S/C12H7F17O2S.C6H14N2O2/c13-5(14,1-2-32-3-4(30)31)6(15,16)7(17,18)8(19,20)9(21,22)10(23,24)11(25,26)12(27,28)29;7-4-2-1-3-5(8)6(9)10/h1-3H2,(H,30,31);5H,1-4,7-8H2,(H,9,10)/t;5-/m.0/s1. The number of carbonyl (C=O) groups is 2. The van der Waals surface area contributed by atoms with E-state index in [1.54, 1.807) is 0 Å². The zero-order chi connectivity index (χ0) is 34.4. The summed E-state index contributed by atoms with van der Waals surface area (Å²) in [5.74, 6) is -62.3. The number of unbranched alkanes of at least 4 members (excludes halogenated alkanes) is 1. The second-order valence-corrected chi connectivity index (χ2v) is 9.22. The summed E-state index contributed by atoms with van der Waals surface area (Å²) in [6, 6.07) is -0.688. The zero-order valence-electron chi connectivity index (χ0n) is 20.3. The summed E-state index contributed by atoms with van der Waals surface area (Å²) in [4.78, 5) is 20.1. The number of quaternary nitrogens is 1. The van der Waals surface area contributed by atoms with Gasteiger partial charge in [0.25, 0.3) is 0 Å². The molecule has 0 aliphatic carbocycles. The number of carbonyl (C=O) groups excluding carboxylic acids is 1. The van der Waals surface area contributed by atoms with Gasteiger partial charge in [-0.25, -0.2) is 0 Å². The minimum atomic E-state index is -8.66. The molecular formula is C18H21F17N2O4S. The Morgan fingerprint density at radius 3 is 1.43 bits per heavy atom. The van der Waals surface area contributed by atoms with E-state index >= 15 is 0 Å². The topological polar surface area (TPSA) is 131 Å². The maximum absolute atomic E-state index is 13.4. The smallest absolute Gasteiger partial charge is 0.460 e. The molecule has 0 saturated heterocycles. The molecule has 0 aliphatic rings. The number of alkyl halides is 17. The number of nitrogens with two attached hydrogens (primary N) is 1. The fraction of sp³-hybridized carbons (Fsp3) is 0.889. The quantitative estimate of drug-likeness (QED) is 0.168. The van der Waals surface area contributed by atoms with E-state index in [-0.39, 0.29) is 11.8 Å². The van der Waals surface area contributed by atoms with Crippen molar-refractivity contribution in [3.05, 3.63) is 0 Å². The molecule has 0 bridgehead atoms. The number of hydrogen-bond donors (Lipinski definition) is 3. The van der Waals surface area contributed by atoms with Gasteiger partial charge >= 0.3 is 53.6 Å². The predicted molar refractivity (Wildman–Crippen MR) is 105 cm³/mol. The van der Waals surface area contributed by atoms with E-state index in [2.05, 4.69) is 5.73 Å². The van der Waals surface area contributed by atoms with Gasteiger partial charge in [-0.1, -0.05) is 0 Å². The van der Waals surface area contributed by atoms with Crippen molar-refractivity contribution in [1.29, 1.82) is 0 Å². The van der Waals surface area contributed by atoms with Gasteiger partial charge in [-0.05, 0) is 25.0 Å². The molecule has 0 fully saturated rings. The van der Waals surface area contributed by atoms with Gasteiger partial charge < -0.3 is 26.5 Å². The van der Waals surface area contributed by atoms with Gasteiger partial charge in [0, 0.05) is 12.2 Å². The maximum atomic E-state index is 13.4. The molecule has 24 heteroatoms. The molecule has 252 valence electrons. The van der Waals surface area contributed by atoms with Gasteiger partial charge in [0.2, 0.25) is 0 Å². The minimum absolute atomic E-state index is 0.262. The Labute approximate surface area is 227 Å². The summed E-state index contributed by atoms with van der Waals surface area (Å²) in [6.45, 7) is 0.854.